The molecule has 1 aliphatic heterocycles. The van der Waals surface area contributed by atoms with Gasteiger partial charge >= 0.3 is 0 Å². The van der Waals surface area contributed by atoms with E-state index in [0.29, 0.717) is 6.04 Å². The van der Waals surface area contributed by atoms with Crippen LogP contribution in [0.15, 0.2) is 18.2 Å². The van der Waals surface area contributed by atoms with Gasteiger partial charge in [-0.3, -0.25) is 0 Å². The SMILES string of the molecule is CCCNC(C)c1cc(F)ccc1N1CCOCC1CC. The third-order valence-electron chi connectivity index (χ3n) is 4.16. The van der Waals surface area contributed by atoms with Gasteiger partial charge in [-0.2, -0.15) is 0 Å². The first-order valence-corrected chi connectivity index (χ1v) is 8.04. The summed E-state index contributed by atoms with van der Waals surface area (Å²) in [5, 5.41) is 3.46. The monoisotopic (exact) mass is 294 g/mol. The molecular weight excluding hydrogens is 267 g/mol. The number of anilines is 1. The normalized spacial score (nSPS) is 20.6. The van der Waals surface area contributed by atoms with Crippen LogP contribution in [0.25, 0.3) is 0 Å². The van der Waals surface area contributed by atoms with Crippen LogP contribution in [0.5, 0.6) is 0 Å². The van der Waals surface area contributed by atoms with Crippen LogP contribution in [0.3, 0.4) is 0 Å². The van der Waals surface area contributed by atoms with Crippen molar-refractivity contribution >= 4 is 5.69 Å². The second-order valence-corrected chi connectivity index (χ2v) is 5.71. The zero-order valence-electron chi connectivity index (χ0n) is 13.4. The van der Waals surface area contributed by atoms with Crippen LogP contribution in [0.1, 0.15) is 45.2 Å². The Hall–Kier alpha value is -1.13. The summed E-state index contributed by atoms with van der Waals surface area (Å²) >= 11 is 0. The van der Waals surface area contributed by atoms with Crippen molar-refractivity contribution in [1.29, 1.82) is 0 Å². The summed E-state index contributed by atoms with van der Waals surface area (Å²) in [6.45, 7) is 9.73. The minimum atomic E-state index is -0.166. The topological polar surface area (TPSA) is 24.5 Å². The van der Waals surface area contributed by atoms with Crippen molar-refractivity contribution in [2.75, 3.05) is 31.2 Å². The lowest BCUT2D eigenvalue weighted by molar-refractivity contribution is 0.0928. The molecule has 2 rings (SSSR count). The van der Waals surface area contributed by atoms with Crippen molar-refractivity contribution < 1.29 is 9.13 Å². The molecule has 1 aromatic rings. The number of nitrogens with zero attached hydrogens (tertiary/aromatic N) is 1. The van der Waals surface area contributed by atoms with Gasteiger partial charge in [0.2, 0.25) is 0 Å². The molecule has 4 heteroatoms. The smallest absolute Gasteiger partial charge is 0.123 e. The summed E-state index contributed by atoms with van der Waals surface area (Å²) in [4.78, 5) is 2.38. The van der Waals surface area contributed by atoms with Crippen LogP contribution >= 0.6 is 0 Å². The first-order chi connectivity index (χ1) is 10.2. The lowest BCUT2D eigenvalue weighted by Gasteiger charge is -2.38. The van der Waals surface area contributed by atoms with E-state index in [0.717, 1.165) is 50.4 Å². The van der Waals surface area contributed by atoms with Crippen molar-refractivity contribution in [2.45, 2.75) is 45.7 Å². The van der Waals surface area contributed by atoms with Crippen molar-refractivity contribution in [3.05, 3.63) is 29.6 Å². The Morgan fingerprint density at radius 2 is 2.24 bits per heavy atom. The van der Waals surface area contributed by atoms with Crippen LogP contribution in [-0.2, 0) is 4.74 Å². The number of hydrogen-bond donors (Lipinski definition) is 1. The Labute approximate surface area is 127 Å². The Morgan fingerprint density at radius 3 is 2.95 bits per heavy atom. The minimum absolute atomic E-state index is 0.149. The predicted molar refractivity (Wildman–Crippen MR) is 85.4 cm³/mol. The van der Waals surface area contributed by atoms with E-state index in [9.17, 15) is 4.39 Å². The molecule has 21 heavy (non-hydrogen) atoms. The first-order valence-electron chi connectivity index (χ1n) is 8.04. The van der Waals surface area contributed by atoms with E-state index in [1.807, 2.05) is 6.07 Å². The lowest BCUT2D eigenvalue weighted by Crippen LogP contribution is -2.46. The largest absolute Gasteiger partial charge is 0.377 e. The van der Waals surface area contributed by atoms with Crippen molar-refractivity contribution in [2.24, 2.45) is 0 Å². The average molecular weight is 294 g/mol. The summed E-state index contributed by atoms with van der Waals surface area (Å²) < 4.78 is 19.3. The number of morpholine rings is 1. The molecule has 2 unspecified atom stereocenters. The highest BCUT2D eigenvalue weighted by Crippen LogP contribution is 2.30. The van der Waals surface area contributed by atoms with E-state index in [2.05, 4.69) is 31.0 Å². The second kappa shape index (κ2) is 7.76. The molecule has 0 bridgehead atoms. The summed E-state index contributed by atoms with van der Waals surface area (Å²) in [5.74, 6) is -0.166. The molecule has 1 heterocycles. The van der Waals surface area contributed by atoms with E-state index in [4.69, 9.17) is 4.74 Å². The molecular formula is C17H27FN2O. The fraction of sp³-hybridized carbons (Fsp3) is 0.647. The third kappa shape index (κ3) is 3.95. The molecule has 0 amide bonds. The highest BCUT2D eigenvalue weighted by atomic mass is 19.1. The second-order valence-electron chi connectivity index (χ2n) is 5.71. The van der Waals surface area contributed by atoms with Gasteiger partial charge in [0.15, 0.2) is 0 Å². The zero-order valence-corrected chi connectivity index (χ0v) is 13.4. The van der Waals surface area contributed by atoms with Gasteiger partial charge < -0.3 is 15.0 Å². The van der Waals surface area contributed by atoms with Gasteiger partial charge in [0, 0.05) is 18.3 Å². The molecule has 1 fully saturated rings. The van der Waals surface area contributed by atoms with Gasteiger partial charge in [-0.15, -0.1) is 0 Å². The van der Waals surface area contributed by atoms with Crippen molar-refractivity contribution in [3.63, 3.8) is 0 Å². The van der Waals surface area contributed by atoms with Crippen LogP contribution in [0.2, 0.25) is 0 Å². The summed E-state index contributed by atoms with van der Waals surface area (Å²) in [7, 11) is 0. The molecule has 3 nitrogen and oxygen atoms in total. The van der Waals surface area contributed by atoms with Gasteiger partial charge in [0.1, 0.15) is 5.82 Å². The maximum absolute atomic E-state index is 13.7. The van der Waals surface area contributed by atoms with E-state index >= 15 is 0 Å². The number of ether oxygens (including phenoxy) is 1. The van der Waals surface area contributed by atoms with Crippen LogP contribution in [0.4, 0.5) is 10.1 Å². The Morgan fingerprint density at radius 1 is 1.43 bits per heavy atom. The van der Waals surface area contributed by atoms with Crippen LogP contribution in [0, 0.1) is 5.82 Å². The van der Waals surface area contributed by atoms with Crippen molar-refractivity contribution in [1.82, 2.24) is 5.32 Å². The molecule has 1 aromatic carbocycles. The Balaban J connectivity index is 2.28. The van der Waals surface area contributed by atoms with Gasteiger partial charge in [-0.25, -0.2) is 4.39 Å². The Kier molecular flexibility index (Phi) is 6.00. The first kappa shape index (κ1) is 16.2. The summed E-state index contributed by atoms with van der Waals surface area (Å²) in [6, 6.07) is 5.68. The molecule has 1 N–H and O–H groups in total. The molecule has 0 aliphatic carbocycles. The summed E-state index contributed by atoms with van der Waals surface area (Å²) in [5.41, 5.74) is 2.19. The van der Waals surface area contributed by atoms with E-state index in [1.54, 1.807) is 12.1 Å². The summed E-state index contributed by atoms with van der Waals surface area (Å²) in [6.07, 6.45) is 2.11. The number of rotatable bonds is 6. The standard InChI is InChI=1S/C17H27FN2O/c1-4-8-19-13(3)16-11-14(18)6-7-17(16)20-9-10-21-12-15(20)5-2/h6-7,11,13,15,19H,4-5,8-10,12H2,1-3H3. The quantitative estimate of drug-likeness (QED) is 0.869. The number of nitrogens with one attached hydrogen (secondary N) is 1. The number of halogens is 1. The van der Waals surface area contributed by atoms with E-state index < -0.39 is 0 Å². The van der Waals surface area contributed by atoms with Crippen LogP contribution < -0.4 is 10.2 Å². The Bertz CT molecular complexity index is 452. The van der Waals surface area contributed by atoms with E-state index in [-0.39, 0.29) is 11.9 Å². The molecule has 0 saturated carbocycles. The molecule has 118 valence electrons. The van der Waals surface area contributed by atoms with Gasteiger partial charge in [0.05, 0.1) is 19.3 Å². The zero-order chi connectivity index (χ0) is 15.2. The number of benzene rings is 1. The average Bonchev–Trinajstić information content (AvgIpc) is 2.52. The molecule has 0 radical (unpaired) electrons. The molecule has 1 aliphatic rings. The maximum atomic E-state index is 13.7. The third-order valence-corrected chi connectivity index (χ3v) is 4.16. The van der Waals surface area contributed by atoms with Gasteiger partial charge in [-0.1, -0.05) is 13.8 Å². The molecule has 2 atom stereocenters. The van der Waals surface area contributed by atoms with E-state index in [1.165, 1.54) is 0 Å². The minimum Gasteiger partial charge on any atom is -0.377 e. The fourth-order valence-corrected chi connectivity index (χ4v) is 2.91. The fourth-order valence-electron chi connectivity index (χ4n) is 2.91. The van der Waals surface area contributed by atoms with Crippen molar-refractivity contribution in [3.8, 4) is 0 Å². The highest BCUT2D eigenvalue weighted by molar-refractivity contribution is 5.56. The molecule has 0 aromatic heterocycles. The molecule has 1 saturated heterocycles. The van der Waals surface area contributed by atoms with Gasteiger partial charge in [0.25, 0.3) is 0 Å². The predicted octanol–water partition coefficient (Wildman–Crippen LogP) is 3.50. The highest BCUT2D eigenvalue weighted by Gasteiger charge is 2.25. The van der Waals surface area contributed by atoms with Crippen LogP contribution in [-0.4, -0.2) is 32.3 Å². The molecule has 0 spiro atoms. The maximum Gasteiger partial charge on any atom is 0.123 e. The van der Waals surface area contributed by atoms with Gasteiger partial charge in [-0.05, 0) is 50.1 Å². The number of hydrogen-bond acceptors (Lipinski definition) is 3. The lowest BCUT2D eigenvalue weighted by atomic mass is 10.0.